The minimum absolute atomic E-state index is 0.225. The zero-order chi connectivity index (χ0) is 48.5. The predicted octanol–water partition coefficient (Wildman–Crippen LogP) is 12.5. The molecule has 1 aliphatic carbocycles. The van der Waals surface area contributed by atoms with Crippen molar-refractivity contribution >= 4 is 89.5 Å². The van der Waals surface area contributed by atoms with Gasteiger partial charge in [-0.15, -0.1) is 0 Å². The third-order valence-electron chi connectivity index (χ3n) is 13.1. The Balaban J connectivity index is 0.000000309. The smallest absolute Gasteiger partial charge is 0.426 e. The molecular weight excluding hydrogens is 918 g/mol. The van der Waals surface area contributed by atoms with Crippen LogP contribution in [0.25, 0.3) is 26.5 Å². The number of methoxy groups -OCH3 is 1. The highest BCUT2D eigenvalue weighted by atomic mass is 35.5. The Morgan fingerprint density at radius 1 is 0.853 bits per heavy atom. The number of hydrogen-bond acceptors (Lipinski definition) is 11. The van der Waals surface area contributed by atoms with E-state index < -0.39 is 10.1 Å². The van der Waals surface area contributed by atoms with Crippen LogP contribution in [0.2, 0.25) is 0 Å². The molecule has 15 heteroatoms. The van der Waals surface area contributed by atoms with Crippen LogP contribution in [0.1, 0.15) is 58.1 Å². The van der Waals surface area contributed by atoms with Crippen molar-refractivity contribution in [3.8, 4) is 5.75 Å². The lowest BCUT2D eigenvalue weighted by molar-refractivity contribution is -0.777. The Morgan fingerprint density at radius 2 is 1.57 bits per heavy atom. The minimum atomic E-state index is -4.55. The van der Waals surface area contributed by atoms with Gasteiger partial charge in [0, 0.05) is 75.0 Å². The van der Waals surface area contributed by atoms with Crippen LogP contribution in [0.15, 0.2) is 165 Å². The van der Waals surface area contributed by atoms with Crippen LogP contribution in [0, 0.1) is 5.39 Å². The maximum atomic E-state index is 11.7. The van der Waals surface area contributed by atoms with Crippen LogP contribution in [0.4, 0.5) is 28.4 Å². The molecule has 1 N–H and O–H groups in total. The monoisotopic (exact) mass is 967 g/mol. The summed E-state index contributed by atoms with van der Waals surface area (Å²) < 4.78 is 46.9. The van der Waals surface area contributed by atoms with Crippen LogP contribution >= 0.6 is 23.6 Å². The van der Waals surface area contributed by atoms with Gasteiger partial charge in [-0.1, -0.05) is 74.0 Å². The summed E-state index contributed by atoms with van der Waals surface area (Å²) >= 11 is 8.04. The fourth-order valence-corrected chi connectivity index (χ4v) is 11.0. The van der Waals surface area contributed by atoms with E-state index in [0.29, 0.717) is 11.4 Å². The van der Waals surface area contributed by atoms with E-state index in [9.17, 15) is 18.2 Å². The van der Waals surface area contributed by atoms with Crippen LogP contribution < -0.4 is 20.2 Å². The topological polar surface area (TPSA) is 154 Å². The Morgan fingerprint density at radius 3 is 2.29 bits per heavy atom. The van der Waals surface area contributed by atoms with E-state index in [4.69, 9.17) is 21.7 Å². The molecule has 3 aliphatic rings. The maximum absolute atomic E-state index is 11.7. The van der Waals surface area contributed by atoms with Crippen molar-refractivity contribution in [2.75, 3.05) is 31.4 Å². The molecule has 6 aromatic carbocycles. The van der Waals surface area contributed by atoms with E-state index in [-0.39, 0.29) is 15.7 Å². The number of halogens is 1. The average Bonchev–Trinajstić information content (AvgIpc) is 3.65. The van der Waals surface area contributed by atoms with Crippen LogP contribution in [-0.2, 0) is 30.3 Å². The molecule has 68 heavy (non-hydrogen) atoms. The number of diazo groups is 1. The van der Waals surface area contributed by atoms with Crippen LogP contribution in [0.5, 0.6) is 5.75 Å². The summed E-state index contributed by atoms with van der Waals surface area (Å²) in [5.74, 6) is 0.522. The number of hydrogen-bond donors (Lipinski definition) is 1. The van der Waals surface area contributed by atoms with Crippen molar-refractivity contribution in [1.82, 2.24) is 0 Å². The van der Waals surface area contributed by atoms with Crippen molar-refractivity contribution in [1.29, 1.82) is 5.39 Å². The lowest BCUT2D eigenvalue weighted by atomic mass is 9.78. The highest BCUT2D eigenvalue weighted by Crippen LogP contribution is 2.51. The van der Waals surface area contributed by atoms with Gasteiger partial charge in [-0.25, -0.2) is 8.42 Å². The third-order valence-corrected chi connectivity index (χ3v) is 14.9. The molecule has 0 spiro atoms. The largest absolute Gasteiger partial charge is 0.744 e. The quantitative estimate of drug-likeness (QED) is 0.0348. The van der Waals surface area contributed by atoms with Gasteiger partial charge in [-0.2, -0.15) is 8.91 Å². The number of allylic oxidation sites excluding steroid dienone is 8. The average molecular weight is 969 g/mol. The zero-order valence-electron chi connectivity index (χ0n) is 38.7. The molecule has 0 saturated heterocycles. The van der Waals surface area contributed by atoms with Gasteiger partial charge < -0.3 is 24.8 Å². The number of fused-ring (bicyclic) bond motifs is 6. The molecular formula is C53H50ClN5O7S2. The van der Waals surface area contributed by atoms with Gasteiger partial charge >= 0.3 is 5.69 Å². The number of para-hydroxylation sites is 1. The normalized spacial score (nSPS) is 17.5. The van der Waals surface area contributed by atoms with Crippen molar-refractivity contribution in [2.45, 2.75) is 67.6 Å². The molecule has 2 heterocycles. The van der Waals surface area contributed by atoms with Crippen LogP contribution in [0.3, 0.4) is 0 Å². The number of ether oxygens (including phenoxy) is 1. The molecule has 0 bridgehead atoms. The molecule has 2 aliphatic heterocycles. The molecule has 348 valence electrons. The maximum Gasteiger partial charge on any atom is 0.426 e. The predicted molar refractivity (Wildman–Crippen MR) is 269 cm³/mol. The van der Waals surface area contributed by atoms with Crippen LogP contribution in [-0.4, -0.2) is 44.5 Å². The summed E-state index contributed by atoms with van der Waals surface area (Å²) in [6, 6.07) is 33.8. The van der Waals surface area contributed by atoms with Gasteiger partial charge in [0.25, 0.3) is 0 Å². The van der Waals surface area contributed by atoms with Crippen molar-refractivity contribution in [2.24, 2.45) is 0 Å². The molecule has 6 aromatic rings. The lowest BCUT2D eigenvalue weighted by Gasteiger charge is -2.25. The Labute approximate surface area is 405 Å². The molecule has 0 unspecified atom stereocenters. The first-order chi connectivity index (χ1) is 32.5. The highest BCUT2D eigenvalue weighted by molar-refractivity contribution is 7.94. The van der Waals surface area contributed by atoms with Crippen molar-refractivity contribution < 1.29 is 36.9 Å². The SMILES string of the molecule is CN1C(=CC=C2CCCC(C=CC3=[N+](C)c4ccc5cc(S(=O)(=O)[O-])ccc5c4C3(C)C)=C2Cl)C(C)(C)c2c1ccc1cc(SOO[O-])ccc21.COc1cc(Nc2ccccc2)ccc1[N+]#N. The molecule has 0 atom stereocenters. The molecule has 0 saturated carbocycles. The lowest BCUT2D eigenvalue weighted by Crippen LogP contribution is -2.27. The minimum Gasteiger partial charge on any atom is -0.744 e. The summed E-state index contributed by atoms with van der Waals surface area (Å²) in [7, 11) is 1.13. The summed E-state index contributed by atoms with van der Waals surface area (Å²) in [5, 5.41) is 30.4. The van der Waals surface area contributed by atoms with Gasteiger partial charge in [0.2, 0.25) is 16.8 Å². The second-order valence-electron chi connectivity index (χ2n) is 17.9. The number of nitrogens with zero attached hydrogens (tertiary/aromatic N) is 4. The first-order valence-electron chi connectivity index (χ1n) is 21.9. The fourth-order valence-electron chi connectivity index (χ4n) is 9.81. The third kappa shape index (κ3) is 9.31. The zero-order valence-corrected chi connectivity index (χ0v) is 41.1. The first-order valence-corrected chi connectivity index (χ1v) is 24.4. The molecule has 0 fully saturated rings. The van der Waals surface area contributed by atoms with E-state index in [0.717, 1.165) is 108 Å². The molecule has 12 nitrogen and oxygen atoms in total. The number of anilines is 3. The molecule has 9 rings (SSSR count). The molecule has 0 aromatic heterocycles. The van der Waals surface area contributed by atoms with E-state index in [1.54, 1.807) is 18.2 Å². The van der Waals surface area contributed by atoms with Crippen molar-refractivity contribution in [3.05, 3.63) is 171 Å². The van der Waals surface area contributed by atoms with Gasteiger partial charge in [0.1, 0.15) is 17.2 Å². The number of nitrogens with one attached hydrogen (secondary N) is 1. The van der Waals surface area contributed by atoms with Crippen molar-refractivity contribution in [3.63, 3.8) is 0 Å². The van der Waals surface area contributed by atoms with Gasteiger partial charge in [-0.05, 0) is 132 Å². The van der Waals surface area contributed by atoms with Gasteiger partial charge in [-0.3, -0.25) is 5.04 Å². The van der Waals surface area contributed by atoms with E-state index in [2.05, 4.69) is 106 Å². The number of benzene rings is 6. The standard InChI is InChI=1S/C40H39ClN2O6S2.C13H12N3O/c1-39(2)34(42(5)32-18-10-26-22-28(50-49-48-44)14-16-30(26)36(32)39)20-12-24-8-7-9-25(38(24)41)13-21-35-40(3,4)37-31-17-15-29(51(45,46)47)23-27(31)11-19-33(37)43(35)6;1-17-13-9-11(7-8-12(13)16-14)15-10-5-3-2-4-6-10/h10-23H,7-9H2,1-6H3,(H-,44,45,46,47);2-9,15H,1H3/q;+1/p-1. The Bertz CT molecular complexity index is 3300. The second kappa shape index (κ2) is 19.4. The summed E-state index contributed by atoms with van der Waals surface area (Å²) in [5.41, 5.74) is 10.6. The molecule has 0 amide bonds. The number of rotatable bonds is 10. The first kappa shape index (κ1) is 48.2. The van der Waals surface area contributed by atoms with E-state index >= 15 is 0 Å². The highest BCUT2D eigenvalue weighted by Gasteiger charge is 2.44. The Kier molecular flexibility index (Phi) is 13.7. The van der Waals surface area contributed by atoms with Gasteiger partial charge in [0.15, 0.2) is 10.7 Å². The van der Waals surface area contributed by atoms with Gasteiger partial charge in [0.05, 0.1) is 29.5 Å². The molecule has 0 radical (unpaired) electrons. The number of likely N-dealkylation sites (N-methyl/N-ethyl adjacent to an activating group) is 1. The van der Waals surface area contributed by atoms with E-state index in [1.165, 1.54) is 30.5 Å². The Hall–Kier alpha value is -6.28. The van der Waals surface area contributed by atoms with E-state index in [1.807, 2.05) is 67.7 Å². The summed E-state index contributed by atoms with van der Waals surface area (Å²) in [6.45, 7) is 8.81. The fraction of sp³-hybridized carbons (Fsp3) is 0.226. The second-order valence-corrected chi connectivity index (χ2v) is 20.4. The summed E-state index contributed by atoms with van der Waals surface area (Å²) in [4.78, 5) is 5.94. The summed E-state index contributed by atoms with van der Waals surface area (Å²) in [6.07, 6.45) is 11.4.